The van der Waals surface area contributed by atoms with Gasteiger partial charge in [0.25, 0.3) is 5.91 Å². The van der Waals surface area contributed by atoms with Gasteiger partial charge in [-0.1, -0.05) is 91.1 Å². The second-order valence-corrected chi connectivity index (χ2v) is 24.0. The van der Waals surface area contributed by atoms with Gasteiger partial charge in [0.1, 0.15) is 6.10 Å². The molecule has 0 aromatic heterocycles. The van der Waals surface area contributed by atoms with Crippen LogP contribution in [0.5, 0.6) is 0 Å². The Labute approximate surface area is 369 Å². The molecule has 8 nitrogen and oxygen atoms in total. The molecule has 6 aliphatic carbocycles. The predicted octanol–water partition coefficient (Wildman–Crippen LogP) is 11.1. The lowest BCUT2D eigenvalue weighted by molar-refractivity contribution is -0.236. The molecule has 1 aromatic rings. The summed E-state index contributed by atoms with van der Waals surface area (Å²) in [7, 11) is 0. The lowest BCUT2D eigenvalue weighted by Crippen LogP contribution is -2.66. The Hall–Kier alpha value is -2.42. The van der Waals surface area contributed by atoms with Crippen LogP contribution in [0.15, 0.2) is 29.3 Å². The van der Waals surface area contributed by atoms with E-state index in [0.717, 1.165) is 69.9 Å². The van der Waals surface area contributed by atoms with Crippen LogP contribution in [-0.4, -0.2) is 53.5 Å². The van der Waals surface area contributed by atoms with Gasteiger partial charge in [-0.15, -0.1) is 0 Å². The van der Waals surface area contributed by atoms with Crippen LogP contribution >= 0.6 is 23.2 Å². The quantitative estimate of drug-likeness (QED) is 0.150. The summed E-state index contributed by atoms with van der Waals surface area (Å²) < 4.78 is 6.44. The summed E-state index contributed by atoms with van der Waals surface area (Å²) in [5.74, 6) is -0.315. The van der Waals surface area contributed by atoms with Crippen LogP contribution in [0, 0.1) is 68.0 Å². The molecule has 0 heterocycles. The van der Waals surface area contributed by atoms with E-state index in [4.69, 9.17) is 27.9 Å². The average Bonchev–Trinajstić information content (AvgIpc) is 3.44. The van der Waals surface area contributed by atoms with Crippen molar-refractivity contribution < 1.29 is 29.0 Å². The Balaban J connectivity index is 1.06. The van der Waals surface area contributed by atoms with Gasteiger partial charge in [0.2, 0.25) is 0 Å². The predicted molar refractivity (Wildman–Crippen MR) is 238 cm³/mol. The number of nitrogens with one attached hydrogen (secondary N) is 2. The zero-order valence-electron chi connectivity index (χ0n) is 38.2. The van der Waals surface area contributed by atoms with E-state index in [9.17, 15) is 24.3 Å². The molecule has 10 atom stereocenters. The molecular weight excluding hydrogens is 795 g/mol. The highest BCUT2D eigenvalue weighted by atomic mass is 35.5. The minimum atomic E-state index is -0.829. The molecule has 5 fully saturated rings. The first-order chi connectivity index (χ1) is 27.8. The van der Waals surface area contributed by atoms with Crippen molar-refractivity contribution in [3.63, 3.8) is 0 Å². The van der Waals surface area contributed by atoms with E-state index in [2.05, 4.69) is 59.1 Å². The molecule has 5 saturated carbocycles. The molecule has 6 aliphatic rings. The number of hydrogen-bond acceptors (Lipinski definition) is 6. The fourth-order valence-corrected chi connectivity index (χ4v) is 15.3. The second kappa shape index (κ2) is 15.4. The van der Waals surface area contributed by atoms with Crippen molar-refractivity contribution in [1.29, 1.82) is 0 Å². The fourth-order valence-electron chi connectivity index (χ4n) is 15.0. The molecule has 60 heavy (non-hydrogen) atoms. The number of hydrogen-bond donors (Lipinski definition) is 3. The van der Waals surface area contributed by atoms with E-state index in [0.29, 0.717) is 58.5 Å². The van der Waals surface area contributed by atoms with Crippen LogP contribution in [0.2, 0.25) is 10.0 Å². The third-order valence-corrected chi connectivity index (χ3v) is 19.3. The maximum absolute atomic E-state index is 14.2. The monoisotopic (exact) mass is 866 g/mol. The number of ketones is 1. The van der Waals surface area contributed by atoms with Crippen LogP contribution in [-0.2, 0) is 19.1 Å². The topological polar surface area (TPSA) is 122 Å². The van der Waals surface area contributed by atoms with Crippen molar-refractivity contribution in [2.45, 2.75) is 158 Å². The summed E-state index contributed by atoms with van der Waals surface area (Å²) in [6.45, 7) is 26.0. The molecule has 0 saturated heterocycles. The number of allylic oxidation sites excluding steroid dienone is 2. The molecule has 1 aromatic carbocycles. The lowest BCUT2D eigenvalue weighted by Gasteiger charge is -2.72. The summed E-state index contributed by atoms with van der Waals surface area (Å²) >= 11 is 12.3. The largest absolute Gasteiger partial charge is 0.481 e. The molecule has 0 unspecified atom stereocenters. The van der Waals surface area contributed by atoms with E-state index in [1.165, 1.54) is 5.57 Å². The van der Waals surface area contributed by atoms with Crippen LogP contribution in [0.3, 0.4) is 0 Å². The number of ether oxygens (including phenoxy) is 1. The van der Waals surface area contributed by atoms with E-state index < -0.39 is 22.8 Å². The Kier molecular flexibility index (Phi) is 11.7. The number of carbonyl (C=O) groups excluding carboxylic acids is 3. The Bertz CT molecular complexity index is 1970. The average molecular weight is 868 g/mol. The van der Waals surface area contributed by atoms with Crippen LogP contribution in [0.1, 0.15) is 157 Å². The van der Waals surface area contributed by atoms with Gasteiger partial charge in [-0.2, -0.15) is 0 Å². The molecule has 0 aliphatic heterocycles. The van der Waals surface area contributed by atoms with Gasteiger partial charge in [0, 0.05) is 34.9 Å². The zero-order chi connectivity index (χ0) is 44.2. The highest BCUT2D eigenvalue weighted by Crippen LogP contribution is 2.77. The van der Waals surface area contributed by atoms with Crippen molar-refractivity contribution in [2.75, 3.05) is 13.1 Å². The summed E-state index contributed by atoms with van der Waals surface area (Å²) in [5.41, 5.74) is 1.84. The number of fused-ring (bicyclic) bond motifs is 7. The van der Waals surface area contributed by atoms with E-state index >= 15 is 0 Å². The van der Waals surface area contributed by atoms with E-state index in [1.54, 1.807) is 18.2 Å². The molecule has 0 radical (unpaired) electrons. The number of rotatable bonds is 11. The Morgan fingerprint density at radius 3 is 2.20 bits per heavy atom. The van der Waals surface area contributed by atoms with Gasteiger partial charge in [0.05, 0.1) is 21.9 Å². The number of aliphatic carboxylic acids is 1. The van der Waals surface area contributed by atoms with Crippen LogP contribution < -0.4 is 10.6 Å². The molecule has 1 amide bonds. The van der Waals surface area contributed by atoms with Gasteiger partial charge in [-0.25, -0.2) is 0 Å². The fraction of sp³-hybridized carbons (Fsp3) is 0.760. The Morgan fingerprint density at radius 1 is 0.867 bits per heavy atom. The molecule has 10 heteroatoms. The van der Waals surface area contributed by atoms with Gasteiger partial charge < -0.3 is 20.5 Å². The number of carboxylic acid groups (broad SMARTS) is 1. The number of carbonyl (C=O) groups is 4. The molecule has 3 N–H and O–H groups in total. The minimum absolute atomic E-state index is 0.0572. The first kappa shape index (κ1) is 45.6. The molecule has 332 valence electrons. The summed E-state index contributed by atoms with van der Waals surface area (Å²) in [4.78, 5) is 52.8. The van der Waals surface area contributed by atoms with Crippen molar-refractivity contribution in [3.05, 3.63) is 45.0 Å². The first-order valence-electron chi connectivity index (χ1n) is 22.9. The first-order valence-corrected chi connectivity index (χ1v) is 23.7. The van der Waals surface area contributed by atoms with E-state index in [-0.39, 0.29) is 56.9 Å². The third-order valence-electron chi connectivity index (χ3n) is 18.6. The summed E-state index contributed by atoms with van der Waals surface area (Å²) in [5, 5.41) is 17.3. The molecular formula is C50H72Cl2N2O6. The SMILES string of the molecule is CC(C)C1=C2[C@H]3CC[C@@H]4[C@@]5(C)CC[C@H](OC(=O)[C@H]6C[C@@H](C(=O)O)C6(C)C)C(C)(C)[C@@H]5CC[C@@]4(C)[C@]3(C)CC[C@@]2(CCNCC(C)(C)NC(=O)c2ccc(Cl)c(Cl)c2)CC1=O. The second-order valence-electron chi connectivity index (χ2n) is 23.2. The smallest absolute Gasteiger partial charge is 0.309 e. The normalized spacial score (nSPS) is 37.9. The maximum Gasteiger partial charge on any atom is 0.309 e. The lowest BCUT2D eigenvalue weighted by atomic mass is 9.33. The van der Waals surface area contributed by atoms with Crippen molar-refractivity contribution in [2.24, 2.45) is 68.0 Å². The number of halogens is 2. The highest BCUT2D eigenvalue weighted by molar-refractivity contribution is 6.42. The van der Waals surface area contributed by atoms with Crippen LogP contribution in [0.25, 0.3) is 0 Å². The maximum atomic E-state index is 14.2. The zero-order valence-corrected chi connectivity index (χ0v) is 39.7. The highest BCUT2D eigenvalue weighted by Gasteiger charge is 2.70. The van der Waals surface area contributed by atoms with Gasteiger partial charge in [-0.05, 0) is 154 Å². The standard InChI is InChI=1S/C50H72Cl2N2O6/c1-28(2)39-35(55)26-50(22-23-53-27-44(3,4)54-41(56)29-12-14-33(51)34(52)24-29)21-20-48(10)30(40(39)50)13-15-37-47(9)18-17-38(46(7,8)36(47)16-19-49(37,48)11)60-43(59)32-25-31(42(57)58)45(32,5)6/h12,14,24,28,30-32,36-38,53H,13,15-23,25-27H2,1-11H3,(H,54,56)(H,57,58)/t30-,31+,32-,36+,37-,38+,47+,48-,49-,50-/m1/s1. The van der Waals surface area contributed by atoms with Crippen molar-refractivity contribution in [3.8, 4) is 0 Å². The van der Waals surface area contributed by atoms with E-state index in [1.807, 2.05) is 27.7 Å². The number of esters is 1. The van der Waals surface area contributed by atoms with Crippen molar-refractivity contribution >= 4 is 46.8 Å². The van der Waals surface area contributed by atoms with Gasteiger partial charge in [0.15, 0.2) is 5.78 Å². The van der Waals surface area contributed by atoms with Crippen LogP contribution in [0.4, 0.5) is 0 Å². The minimum Gasteiger partial charge on any atom is -0.481 e. The number of amides is 1. The van der Waals surface area contributed by atoms with Crippen molar-refractivity contribution in [1.82, 2.24) is 10.6 Å². The summed E-state index contributed by atoms with van der Waals surface area (Å²) in [6, 6.07) is 4.92. The number of Topliss-reactive ketones (excluding diaryl/α,β-unsaturated/α-hetero) is 1. The number of benzene rings is 1. The summed E-state index contributed by atoms with van der Waals surface area (Å²) in [6.07, 6.45) is 10.1. The molecule has 7 rings (SSSR count). The third kappa shape index (κ3) is 7.11. The number of carboxylic acids is 1. The Morgan fingerprint density at radius 2 is 1.57 bits per heavy atom. The molecule has 0 bridgehead atoms. The molecule has 0 spiro atoms. The van der Waals surface area contributed by atoms with Gasteiger partial charge >= 0.3 is 11.9 Å². The van der Waals surface area contributed by atoms with Gasteiger partial charge in [-0.3, -0.25) is 19.2 Å².